The van der Waals surface area contributed by atoms with Gasteiger partial charge in [-0.1, -0.05) is 25.4 Å². The van der Waals surface area contributed by atoms with Crippen LogP contribution in [0.5, 0.6) is 0 Å². The fraction of sp³-hybridized carbons (Fsp3) is 0.500. The SMILES string of the molecule is CCCN(CCC)c1nc(Cl)nc2c(Cl)ncnc12. The standard InChI is InChI=1S/C12H15Cl2N5/c1-3-5-19(6-4-2)11-9-8(17-12(14)18-11)10(13)16-7-15-9/h7H,3-6H2,1-2H3. The van der Waals surface area contributed by atoms with E-state index in [9.17, 15) is 0 Å². The highest BCUT2D eigenvalue weighted by Gasteiger charge is 2.16. The lowest BCUT2D eigenvalue weighted by atomic mass is 10.3. The predicted molar refractivity (Wildman–Crippen MR) is 77.9 cm³/mol. The molecule has 2 heterocycles. The van der Waals surface area contributed by atoms with E-state index in [1.807, 2.05) is 0 Å². The first-order valence-corrected chi connectivity index (χ1v) is 7.01. The van der Waals surface area contributed by atoms with Gasteiger partial charge in [0.25, 0.3) is 0 Å². The Morgan fingerprint density at radius 1 is 1.00 bits per heavy atom. The van der Waals surface area contributed by atoms with Crippen LogP contribution >= 0.6 is 23.2 Å². The average Bonchev–Trinajstić information content (AvgIpc) is 2.39. The van der Waals surface area contributed by atoms with Crippen LogP contribution in [0, 0.1) is 0 Å². The first-order chi connectivity index (χ1) is 9.17. The van der Waals surface area contributed by atoms with Crippen molar-refractivity contribution in [3.8, 4) is 0 Å². The van der Waals surface area contributed by atoms with E-state index < -0.39 is 0 Å². The molecule has 0 atom stereocenters. The number of anilines is 1. The number of hydrogen-bond donors (Lipinski definition) is 0. The molecule has 0 radical (unpaired) electrons. The highest BCUT2D eigenvalue weighted by molar-refractivity contribution is 6.34. The number of fused-ring (bicyclic) bond motifs is 1. The maximum absolute atomic E-state index is 6.04. The van der Waals surface area contributed by atoms with Gasteiger partial charge in [-0.2, -0.15) is 4.98 Å². The van der Waals surface area contributed by atoms with Crippen LogP contribution in [0.4, 0.5) is 5.82 Å². The van der Waals surface area contributed by atoms with Gasteiger partial charge in [-0.25, -0.2) is 15.0 Å². The van der Waals surface area contributed by atoms with Gasteiger partial charge < -0.3 is 4.90 Å². The van der Waals surface area contributed by atoms with Crippen LogP contribution in [0.1, 0.15) is 26.7 Å². The zero-order valence-corrected chi connectivity index (χ0v) is 12.4. The van der Waals surface area contributed by atoms with E-state index in [2.05, 4.69) is 38.7 Å². The fourth-order valence-electron chi connectivity index (χ4n) is 1.96. The monoisotopic (exact) mass is 299 g/mol. The Bertz CT molecular complexity index is 569. The van der Waals surface area contributed by atoms with E-state index in [-0.39, 0.29) is 5.28 Å². The molecule has 0 fully saturated rings. The third kappa shape index (κ3) is 3.04. The molecular formula is C12H15Cl2N5. The summed E-state index contributed by atoms with van der Waals surface area (Å²) in [6.45, 7) is 6.01. The molecule has 19 heavy (non-hydrogen) atoms. The van der Waals surface area contributed by atoms with Crippen LogP contribution < -0.4 is 4.90 Å². The molecule has 0 amide bonds. The van der Waals surface area contributed by atoms with Crippen molar-refractivity contribution in [3.05, 3.63) is 16.8 Å². The van der Waals surface area contributed by atoms with Crippen LogP contribution in [-0.2, 0) is 0 Å². The highest BCUT2D eigenvalue weighted by Crippen LogP contribution is 2.27. The molecule has 2 rings (SSSR count). The van der Waals surface area contributed by atoms with E-state index in [1.54, 1.807) is 0 Å². The first kappa shape index (κ1) is 14.2. The molecular weight excluding hydrogens is 285 g/mol. The van der Waals surface area contributed by atoms with E-state index in [0.717, 1.165) is 31.7 Å². The topological polar surface area (TPSA) is 54.8 Å². The van der Waals surface area contributed by atoms with Crippen molar-refractivity contribution in [1.29, 1.82) is 0 Å². The quantitative estimate of drug-likeness (QED) is 0.626. The van der Waals surface area contributed by atoms with E-state index in [0.29, 0.717) is 16.2 Å². The number of nitrogens with zero attached hydrogens (tertiary/aromatic N) is 5. The van der Waals surface area contributed by atoms with Crippen LogP contribution in [0.15, 0.2) is 6.33 Å². The van der Waals surface area contributed by atoms with Crippen LogP contribution in [-0.4, -0.2) is 33.0 Å². The number of aromatic nitrogens is 4. The molecule has 0 saturated heterocycles. The van der Waals surface area contributed by atoms with Crippen molar-refractivity contribution >= 4 is 40.1 Å². The summed E-state index contributed by atoms with van der Waals surface area (Å²) in [4.78, 5) is 18.7. The second-order valence-electron chi connectivity index (χ2n) is 4.16. The lowest BCUT2D eigenvalue weighted by Gasteiger charge is -2.23. The summed E-state index contributed by atoms with van der Waals surface area (Å²) in [7, 11) is 0. The van der Waals surface area contributed by atoms with Gasteiger partial charge in [-0.05, 0) is 24.4 Å². The molecule has 0 bridgehead atoms. The van der Waals surface area contributed by atoms with Crippen molar-refractivity contribution in [2.45, 2.75) is 26.7 Å². The Labute approximate surface area is 122 Å². The fourth-order valence-corrected chi connectivity index (χ4v) is 2.30. The molecule has 0 aliphatic rings. The predicted octanol–water partition coefficient (Wildman–Crippen LogP) is 3.35. The van der Waals surface area contributed by atoms with Crippen LogP contribution in [0.3, 0.4) is 0 Å². The number of hydrogen-bond acceptors (Lipinski definition) is 5. The third-order valence-electron chi connectivity index (χ3n) is 2.68. The molecule has 0 unspecified atom stereocenters. The summed E-state index contributed by atoms with van der Waals surface area (Å²) in [6.07, 6.45) is 3.45. The first-order valence-electron chi connectivity index (χ1n) is 6.26. The third-order valence-corrected chi connectivity index (χ3v) is 3.12. The average molecular weight is 300 g/mol. The van der Waals surface area contributed by atoms with Gasteiger partial charge >= 0.3 is 0 Å². The van der Waals surface area contributed by atoms with Gasteiger partial charge in [0.15, 0.2) is 11.0 Å². The molecule has 2 aromatic rings. The zero-order valence-electron chi connectivity index (χ0n) is 10.9. The summed E-state index contributed by atoms with van der Waals surface area (Å²) < 4.78 is 0. The summed E-state index contributed by atoms with van der Waals surface area (Å²) in [6, 6.07) is 0. The Morgan fingerprint density at radius 3 is 2.32 bits per heavy atom. The lowest BCUT2D eigenvalue weighted by Crippen LogP contribution is -2.26. The molecule has 0 saturated carbocycles. The van der Waals surface area contributed by atoms with Crippen molar-refractivity contribution in [3.63, 3.8) is 0 Å². The molecule has 0 N–H and O–H groups in total. The van der Waals surface area contributed by atoms with Gasteiger partial charge in [-0.15, -0.1) is 0 Å². The number of halogens is 2. The van der Waals surface area contributed by atoms with E-state index in [1.165, 1.54) is 6.33 Å². The maximum atomic E-state index is 6.04. The largest absolute Gasteiger partial charge is 0.355 e. The molecule has 0 aliphatic heterocycles. The number of rotatable bonds is 5. The van der Waals surface area contributed by atoms with Gasteiger partial charge in [0.2, 0.25) is 5.28 Å². The molecule has 0 aliphatic carbocycles. The second-order valence-corrected chi connectivity index (χ2v) is 4.86. The van der Waals surface area contributed by atoms with Gasteiger partial charge in [0, 0.05) is 13.1 Å². The molecule has 2 aromatic heterocycles. The van der Waals surface area contributed by atoms with Crippen LogP contribution in [0.2, 0.25) is 10.4 Å². The molecule has 0 spiro atoms. The highest BCUT2D eigenvalue weighted by atomic mass is 35.5. The lowest BCUT2D eigenvalue weighted by molar-refractivity contribution is 0.735. The minimum atomic E-state index is 0.163. The molecule has 5 nitrogen and oxygen atoms in total. The zero-order chi connectivity index (χ0) is 13.8. The summed E-state index contributed by atoms with van der Waals surface area (Å²) >= 11 is 12.0. The normalized spacial score (nSPS) is 10.9. The summed E-state index contributed by atoms with van der Waals surface area (Å²) in [5.41, 5.74) is 1.14. The minimum absolute atomic E-state index is 0.163. The maximum Gasteiger partial charge on any atom is 0.225 e. The van der Waals surface area contributed by atoms with Crippen molar-refractivity contribution in [1.82, 2.24) is 19.9 Å². The molecule has 102 valence electrons. The van der Waals surface area contributed by atoms with Crippen LogP contribution in [0.25, 0.3) is 11.0 Å². The Morgan fingerprint density at radius 2 is 1.68 bits per heavy atom. The van der Waals surface area contributed by atoms with Crippen molar-refractivity contribution in [2.24, 2.45) is 0 Å². The van der Waals surface area contributed by atoms with Crippen molar-refractivity contribution in [2.75, 3.05) is 18.0 Å². The Kier molecular flexibility index (Phi) is 4.71. The van der Waals surface area contributed by atoms with E-state index >= 15 is 0 Å². The Balaban J connectivity index is 2.60. The van der Waals surface area contributed by atoms with Gasteiger partial charge in [-0.3, -0.25) is 0 Å². The molecule has 7 heteroatoms. The van der Waals surface area contributed by atoms with Gasteiger partial charge in [0.05, 0.1) is 0 Å². The summed E-state index contributed by atoms with van der Waals surface area (Å²) in [5.74, 6) is 0.725. The van der Waals surface area contributed by atoms with Crippen molar-refractivity contribution < 1.29 is 0 Å². The molecule has 0 aromatic carbocycles. The minimum Gasteiger partial charge on any atom is -0.355 e. The summed E-state index contributed by atoms with van der Waals surface area (Å²) in [5, 5.41) is 0.458. The second kappa shape index (κ2) is 6.30. The Hall–Kier alpha value is -1.20. The van der Waals surface area contributed by atoms with E-state index in [4.69, 9.17) is 23.2 Å². The van der Waals surface area contributed by atoms with Gasteiger partial charge in [0.1, 0.15) is 17.4 Å². The smallest absolute Gasteiger partial charge is 0.225 e.